The van der Waals surface area contributed by atoms with Gasteiger partial charge in [0.15, 0.2) is 0 Å². The Hall–Kier alpha value is -1.92. The molecule has 0 spiro atoms. The molecule has 6 nitrogen and oxygen atoms in total. The maximum Gasteiger partial charge on any atom is 0.305 e. The van der Waals surface area contributed by atoms with Crippen LogP contribution in [0, 0.1) is 0 Å². The van der Waals surface area contributed by atoms with Gasteiger partial charge in [0, 0.05) is 12.8 Å². The van der Waals surface area contributed by atoms with Gasteiger partial charge in [0.1, 0.15) is 0 Å². The van der Waals surface area contributed by atoms with Gasteiger partial charge in [-0.2, -0.15) is 0 Å². The maximum absolute atomic E-state index is 12.5. The largest absolute Gasteiger partial charge is 0.466 e. The van der Waals surface area contributed by atoms with E-state index in [1.165, 1.54) is 212 Å². The predicted molar refractivity (Wildman–Crippen MR) is 296 cm³/mol. The van der Waals surface area contributed by atoms with Crippen LogP contribution in [0.2, 0.25) is 0 Å². The molecule has 0 aromatic heterocycles. The molecule has 0 saturated heterocycles. The van der Waals surface area contributed by atoms with E-state index in [9.17, 15) is 19.8 Å². The van der Waals surface area contributed by atoms with Crippen LogP contribution in [0.25, 0.3) is 0 Å². The van der Waals surface area contributed by atoms with Crippen LogP contribution < -0.4 is 5.32 Å². The second-order valence-corrected chi connectivity index (χ2v) is 20.7. The quantitative estimate of drug-likeness (QED) is 0.0321. The Morgan fingerprint density at radius 2 is 0.735 bits per heavy atom. The van der Waals surface area contributed by atoms with Crippen LogP contribution in [-0.4, -0.2) is 47.4 Å². The number of aliphatic hydroxyl groups excluding tert-OH is 2. The van der Waals surface area contributed by atoms with Crippen molar-refractivity contribution in [2.45, 2.75) is 334 Å². The van der Waals surface area contributed by atoms with Crippen LogP contribution in [0.1, 0.15) is 322 Å². The summed E-state index contributed by atoms with van der Waals surface area (Å²) in [6.07, 6.45) is 71.7. The van der Waals surface area contributed by atoms with Crippen molar-refractivity contribution < 1.29 is 24.5 Å². The Morgan fingerprint density at radius 1 is 0.412 bits per heavy atom. The average molecular weight is 957 g/mol. The summed E-state index contributed by atoms with van der Waals surface area (Å²) in [6.45, 7) is 4.88. The van der Waals surface area contributed by atoms with Crippen LogP contribution in [0.15, 0.2) is 36.5 Å². The lowest BCUT2D eigenvalue weighted by Crippen LogP contribution is -2.45. The summed E-state index contributed by atoms with van der Waals surface area (Å²) >= 11 is 0. The highest BCUT2D eigenvalue weighted by molar-refractivity contribution is 5.76. The molecule has 0 aromatic rings. The smallest absolute Gasteiger partial charge is 0.305 e. The third-order valence-corrected chi connectivity index (χ3v) is 13.9. The van der Waals surface area contributed by atoms with E-state index >= 15 is 0 Å². The molecular weight excluding hydrogens is 839 g/mol. The molecule has 0 bridgehead atoms. The summed E-state index contributed by atoms with van der Waals surface area (Å²) < 4.78 is 5.46. The summed E-state index contributed by atoms with van der Waals surface area (Å²) in [4.78, 5) is 24.5. The van der Waals surface area contributed by atoms with E-state index in [2.05, 4.69) is 43.5 Å². The first-order chi connectivity index (χ1) is 33.5. The zero-order valence-electron chi connectivity index (χ0n) is 45.6. The van der Waals surface area contributed by atoms with E-state index in [1.807, 2.05) is 6.08 Å². The zero-order valence-corrected chi connectivity index (χ0v) is 45.6. The molecule has 0 saturated carbocycles. The average Bonchev–Trinajstić information content (AvgIpc) is 3.34. The minimum Gasteiger partial charge on any atom is -0.466 e. The Balaban J connectivity index is 3.51. The normalized spacial score (nSPS) is 12.8. The molecule has 400 valence electrons. The fourth-order valence-electron chi connectivity index (χ4n) is 9.25. The van der Waals surface area contributed by atoms with E-state index in [1.54, 1.807) is 6.08 Å². The molecule has 0 heterocycles. The molecule has 68 heavy (non-hydrogen) atoms. The zero-order chi connectivity index (χ0) is 49.3. The summed E-state index contributed by atoms with van der Waals surface area (Å²) in [5.41, 5.74) is 0. The molecule has 0 rings (SSSR count). The number of esters is 1. The van der Waals surface area contributed by atoms with Gasteiger partial charge in [0.25, 0.3) is 0 Å². The number of amides is 1. The molecule has 0 fully saturated rings. The Morgan fingerprint density at radius 3 is 1.12 bits per heavy atom. The maximum atomic E-state index is 12.5. The van der Waals surface area contributed by atoms with Gasteiger partial charge in [0.05, 0.1) is 25.4 Å². The number of carbonyl (C=O) groups excluding carboxylic acids is 2. The first kappa shape index (κ1) is 66.1. The number of unbranched alkanes of at least 4 members (excludes halogenated alkanes) is 41. The van der Waals surface area contributed by atoms with E-state index in [0.29, 0.717) is 19.4 Å². The topological polar surface area (TPSA) is 95.9 Å². The predicted octanol–water partition coefficient (Wildman–Crippen LogP) is 18.8. The number of ether oxygens (including phenoxy) is 1. The molecule has 0 aliphatic rings. The molecule has 0 aliphatic carbocycles. The molecule has 0 radical (unpaired) electrons. The number of carbonyl (C=O) groups is 2. The first-order valence-electron chi connectivity index (χ1n) is 30.3. The molecular formula is C62H117NO5. The van der Waals surface area contributed by atoms with Crippen molar-refractivity contribution in [2.24, 2.45) is 0 Å². The Labute approximate surface area is 424 Å². The Kier molecular flexibility index (Phi) is 56.0. The highest BCUT2D eigenvalue weighted by Crippen LogP contribution is 2.17. The van der Waals surface area contributed by atoms with Gasteiger partial charge in [-0.15, -0.1) is 0 Å². The standard InChI is InChI=1S/C62H117NO5/c1-3-5-7-9-11-13-15-17-19-21-23-26-30-34-38-42-46-50-54-60(65)59(58-64)63-61(66)55-51-47-43-39-35-31-27-24-22-25-29-33-37-41-45-49-53-57-68-62(67)56-52-48-44-40-36-32-28-20-18-16-14-12-10-8-6-4-2/h22,25,33,37,50,54,59-60,64-65H,3-21,23-24,26-32,34-36,38-49,51-53,55-58H2,1-2H3,(H,63,66)/b25-22-,37-33-,54-50+. The molecule has 3 N–H and O–H groups in total. The van der Waals surface area contributed by atoms with Crippen molar-refractivity contribution in [3.63, 3.8) is 0 Å². The third-order valence-electron chi connectivity index (χ3n) is 13.9. The number of rotatable bonds is 56. The van der Waals surface area contributed by atoms with Crippen LogP contribution in [0.5, 0.6) is 0 Å². The van der Waals surface area contributed by atoms with E-state index in [4.69, 9.17) is 4.74 Å². The number of aliphatic hydroxyl groups is 2. The van der Waals surface area contributed by atoms with E-state index in [0.717, 1.165) is 83.5 Å². The van der Waals surface area contributed by atoms with Crippen LogP contribution in [-0.2, 0) is 14.3 Å². The molecule has 6 heteroatoms. The fraction of sp³-hybridized carbons (Fsp3) is 0.871. The number of allylic oxidation sites excluding steroid dienone is 5. The summed E-state index contributed by atoms with van der Waals surface area (Å²) in [5, 5.41) is 23.1. The lowest BCUT2D eigenvalue weighted by molar-refractivity contribution is -0.143. The van der Waals surface area contributed by atoms with Crippen LogP contribution in [0.3, 0.4) is 0 Å². The lowest BCUT2D eigenvalue weighted by atomic mass is 10.0. The monoisotopic (exact) mass is 956 g/mol. The third kappa shape index (κ3) is 53.4. The van der Waals surface area contributed by atoms with Gasteiger partial charge in [-0.05, 0) is 70.6 Å². The van der Waals surface area contributed by atoms with Crippen molar-refractivity contribution in [1.29, 1.82) is 0 Å². The van der Waals surface area contributed by atoms with Gasteiger partial charge in [-0.3, -0.25) is 9.59 Å². The van der Waals surface area contributed by atoms with Gasteiger partial charge in [-0.25, -0.2) is 0 Å². The number of hydrogen-bond acceptors (Lipinski definition) is 5. The Bertz CT molecular complexity index is 1100. The van der Waals surface area contributed by atoms with Crippen molar-refractivity contribution in [3.05, 3.63) is 36.5 Å². The van der Waals surface area contributed by atoms with Crippen LogP contribution >= 0.6 is 0 Å². The number of hydrogen-bond donors (Lipinski definition) is 3. The second-order valence-electron chi connectivity index (χ2n) is 20.7. The minimum atomic E-state index is -0.856. The molecule has 0 aliphatic heterocycles. The minimum absolute atomic E-state index is 0.0129. The van der Waals surface area contributed by atoms with Gasteiger partial charge >= 0.3 is 5.97 Å². The lowest BCUT2D eigenvalue weighted by Gasteiger charge is -2.20. The molecule has 2 atom stereocenters. The van der Waals surface area contributed by atoms with E-state index < -0.39 is 12.1 Å². The summed E-state index contributed by atoms with van der Waals surface area (Å²) in [7, 11) is 0. The van der Waals surface area contributed by atoms with Gasteiger partial charge < -0.3 is 20.3 Å². The summed E-state index contributed by atoms with van der Waals surface area (Å²) in [5.74, 6) is -0.0952. The van der Waals surface area contributed by atoms with E-state index in [-0.39, 0.29) is 18.5 Å². The first-order valence-corrected chi connectivity index (χ1v) is 30.3. The molecule has 2 unspecified atom stereocenters. The second kappa shape index (κ2) is 57.7. The number of nitrogens with one attached hydrogen (secondary N) is 1. The van der Waals surface area contributed by atoms with Crippen molar-refractivity contribution in [3.8, 4) is 0 Å². The molecule has 1 amide bonds. The fourth-order valence-corrected chi connectivity index (χ4v) is 9.25. The highest BCUT2D eigenvalue weighted by Gasteiger charge is 2.18. The summed E-state index contributed by atoms with van der Waals surface area (Å²) in [6, 6.07) is -0.640. The van der Waals surface area contributed by atoms with Crippen molar-refractivity contribution >= 4 is 11.9 Å². The van der Waals surface area contributed by atoms with Gasteiger partial charge in [0.2, 0.25) is 5.91 Å². The van der Waals surface area contributed by atoms with Crippen molar-refractivity contribution in [2.75, 3.05) is 13.2 Å². The highest BCUT2D eigenvalue weighted by atomic mass is 16.5. The van der Waals surface area contributed by atoms with Crippen LogP contribution in [0.4, 0.5) is 0 Å². The van der Waals surface area contributed by atoms with Crippen molar-refractivity contribution in [1.82, 2.24) is 5.32 Å². The SMILES string of the molecule is CCCCCCCCCCCCCCCCCC/C=C/C(O)C(CO)NC(=O)CCCCCCCCC/C=C\C/C=C\CCCCCOC(=O)CCCCCCCCCCCCCCCCCC. The molecule has 0 aromatic carbocycles. The van der Waals surface area contributed by atoms with Gasteiger partial charge in [-0.1, -0.05) is 275 Å².